The Labute approximate surface area is 210 Å². The van der Waals surface area contributed by atoms with Crippen LogP contribution in [0.5, 0.6) is 17.2 Å². The highest BCUT2D eigenvalue weighted by Gasteiger charge is 2.17. The Kier molecular flexibility index (Phi) is 7.54. The molecule has 0 aliphatic heterocycles. The molecule has 0 unspecified atom stereocenters. The van der Waals surface area contributed by atoms with E-state index in [1.807, 2.05) is 41.0 Å². The molecule has 0 radical (unpaired) electrons. The average Bonchev–Trinajstić information content (AvgIpc) is 3.29. The predicted octanol–water partition coefficient (Wildman–Crippen LogP) is 4.25. The lowest BCUT2D eigenvalue weighted by Crippen LogP contribution is -2.20. The summed E-state index contributed by atoms with van der Waals surface area (Å²) in [4.78, 5) is 12.3. The maximum absolute atomic E-state index is 12.3. The first-order valence-corrected chi connectivity index (χ1v) is 11.6. The van der Waals surface area contributed by atoms with Crippen molar-refractivity contribution in [2.45, 2.75) is 5.16 Å². The van der Waals surface area contributed by atoms with Gasteiger partial charge in [-0.1, -0.05) is 23.4 Å². The van der Waals surface area contributed by atoms with Gasteiger partial charge in [0.15, 0.2) is 22.5 Å². The van der Waals surface area contributed by atoms with Crippen LogP contribution in [-0.4, -0.2) is 50.0 Å². The molecule has 0 atom stereocenters. The van der Waals surface area contributed by atoms with Gasteiger partial charge >= 0.3 is 0 Å². The number of methoxy groups -OCH3 is 1. The molecule has 1 heterocycles. The number of thioether (sulfide) groups is 1. The van der Waals surface area contributed by atoms with Gasteiger partial charge in [0.05, 0.1) is 19.1 Å². The van der Waals surface area contributed by atoms with Gasteiger partial charge in [0.1, 0.15) is 5.75 Å². The first kappa shape index (κ1) is 24.1. The van der Waals surface area contributed by atoms with Crippen LogP contribution in [0.3, 0.4) is 0 Å². The number of nitrogens with one attached hydrogen (secondary N) is 1. The van der Waals surface area contributed by atoms with Crippen molar-refractivity contribution in [1.29, 1.82) is 0 Å². The van der Waals surface area contributed by atoms with Gasteiger partial charge in [0.2, 0.25) is 0 Å². The number of benzene rings is 3. The number of ether oxygens (including phenoxy) is 1. The van der Waals surface area contributed by atoms with Crippen LogP contribution in [0.4, 0.5) is 0 Å². The topological polar surface area (TPSA) is 122 Å². The van der Waals surface area contributed by atoms with Gasteiger partial charge in [-0.25, -0.2) is 5.43 Å². The summed E-state index contributed by atoms with van der Waals surface area (Å²) in [6.07, 6.45) is 1.36. The van der Waals surface area contributed by atoms with Gasteiger partial charge in [-0.3, -0.25) is 9.36 Å². The van der Waals surface area contributed by atoms with Crippen LogP contribution in [0.2, 0.25) is 5.02 Å². The third kappa shape index (κ3) is 5.92. The van der Waals surface area contributed by atoms with Crippen molar-refractivity contribution in [2.75, 3.05) is 12.9 Å². The van der Waals surface area contributed by atoms with Crippen LogP contribution < -0.4 is 10.2 Å². The van der Waals surface area contributed by atoms with E-state index in [1.165, 1.54) is 30.1 Å². The molecule has 11 heteroatoms. The van der Waals surface area contributed by atoms with Gasteiger partial charge in [-0.2, -0.15) is 5.10 Å². The number of phenolic OH excluding ortho intramolecular Hbond substituents is 2. The Balaban J connectivity index is 1.51. The molecule has 35 heavy (non-hydrogen) atoms. The summed E-state index contributed by atoms with van der Waals surface area (Å²) in [5.41, 5.74) is 4.56. The van der Waals surface area contributed by atoms with Crippen LogP contribution in [0.15, 0.2) is 77.0 Å². The third-order valence-electron chi connectivity index (χ3n) is 4.80. The maximum Gasteiger partial charge on any atom is 0.250 e. The molecule has 0 aliphatic carbocycles. The summed E-state index contributed by atoms with van der Waals surface area (Å²) in [5, 5.41) is 32.5. The zero-order chi connectivity index (χ0) is 24.8. The lowest BCUT2D eigenvalue weighted by Gasteiger charge is -2.11. The maximum atomic E-state index is 12.3. The second-order valence-corrected chi connectivity index (χ2v) is 8.56. The van der Waals surface area contributed by atoms with E-state index < -0.39 is 0 Å². The van der Waals surface area contributed by atoms with E-state index in [0.29, 0.717) is 21.6 Å². The molecule has 0 fully saturated rings. The van der Waals surface area contributed by atoms with Gasteiger partial charge in [-0.15, -0.1) is 10.2 Å². The SMILES string of the molecule is COc1ccc(-c2nnc(SCC(=O)N/N=C\c3ccc(O)c(O)c3)n2-c2ccc(Cl)cc2)cc1. The van der Waals surface area contributed by atoms with E-state index in [2.05, 4.69) is 20.7 Å². The lowest BCUT2D eigenvalue weighted by atomic mass is 10.2. The summed E-state index contributed by atoms with van der Waals surface area (Å²) >= 11 is 7.26. The normalized spacial score (nSPS) is 11.0. The lowest BCUT2D eigenvalue weighted by molar-refractivity contribution is -0.118. The number of carbonyl (C=O) groups excluding carboxylic acids is 1. The van der Waals surface area contributed by atoms with Crippen molar-refractivity contribution in [2.24, 2.45) is 5.10 Å². The zero-order valence-corrected chi connectivity index (χ0v) is 20.0. The quantitative estimate of drug-likeness (QED) is 0.140. The van der Waals surface area contributed by atoms with Crippen molar-refractivity contribution >= 4 is 35.5 Å². The molecule has 3 aromatic carbocycles. The second-order valence-electron chi connectivity index (χ2n) is 7.18. The smallest absolute Gasteiger partial charge is 0.250 e. The van der Waals surface area contributed by atoms with Crippen LogP contribution in [0, 0.1) is 0 Å². The Bertz CT molecular complexity index is 1360. The number of nitrogens with zero attached hydrogens (tertiary/aromatic N) is 4. The summed E-state index contributed by atoms with van der Waals surface area (Å²) in [7, 11) is 1.60. The van der Waals surface area contributed by atoms with Crippen molar-refractivity contribution in [3.63, 3.8) is 0 Å². The first-order valence-electron chi connectivity index (χ1n) is 10.3. The predicted molar refractivity (Wildman–Crippen MR) is 135 cm³/mol. The van der Waals surface area contributed by atoms with E-state index in [1.54, 1.807) is 25.3 Å². The minimum absolute atomic E-state index is 0.0342. The Morgan fingerprint density at radius 3 is 2.51 bits per heavy atom. The third-order valence-corrected chi connectivity index (χ3v) is 5.98. The highest BCUT2D eigenvalue weighted by atomic mass is 35.5. The summed E-state index contributed by atoms with van der Waals surface area (Å²) in [5.74, 6) is 0.494. The van der Waals surface area contributed by atoms with Crippen LogP contribution >= 0.6 is 23.4 Å². The molecule has 178 valence electrons. The van der Waals surface area contributed by atoms with E-state index in [0.717, 1.165) is 17.0 Å². The molecule has 4 rings (SSSR count). The molecule has 0 spiro atoms. The molecule has 0 saturated carbocycles. The van der Waals surface area contributed by atoms with Gasteiger partial charge in [-0.05, 0) is 72.3 Å². The van der Waals surface area contributed by atoms with Crippen molar-refractivity contribution in [1.82, 2.24) is 20.2 Å². The fourth-order valence-electron chi connectivity index (χ4n) is 3.08. The van der Waals surface area contributed by atoms with Crippen LogP contribution in [0.25, 0.3) is 17.1 Å². The fraction of sp³-hybridized carbons (Fsp3) is 0.0833. The highest BCUT2D eigenvalue weighted by molar-refractivity contribution is 7.99. The minimum Gasteiger partial charge on any atom is -0.504 e. The number of carbonyl (C=O) groups is 1. The average molecular weight is 510 g/mol. The van der Waals surface area contributed by atoms with Gasteiger partial charge < -0.3 is 14.9 Å². The Hall–Kier alpha value is -4.02. The molecule has 1 amide bonds. The fourth-order valence-corrected chi connectivity index (χ4v) is 3.95. The van der Waals surface area contributed by atoms with E-state index in [-0.39, 0.29) is 23.2 Å². The number of hydrazone groups is 1. The molecule has 4 aromatic rings. The Morgan fingerprint density at radius 2 is 1.83 bits per heavy atom. The molecule has 0 saturated heterocycles. The monoisotopic (exact) mass is 509 g/mol. The van der Waals surface area contributed by atoms with Crippen LogP contribution in [0.1, 0.15) is 5.56 Å². The molecule has 9 nitrogen and oxygen atoms in total. The van der Waals surface area contributed by atoms with Crippen molar-refractivity contribution in [3.05, 3.63) is 77.3 Å². The van der Waals surface area contributed by atoms with E-state index >= 15 is 0 Å². The summed E-state index contributed by atoms with van der Waals surface area (Å²) in [6.45, 7) is 0. The first-order chi connectivity index (χ1) is 16.9. The van der Waals surface area contributed by atoms with Gasteiger partial charge in [0, 0.05) is 16.3 Å². The Morgan fingerprint density at radius 1 is 1.09 bits per heavy atom. The van der Waals surface area contributed by atoms with Crippen molar-refractivity contribution < 1.29 is 19.7 Å². The zero-order valence-electron chi connectivity index (χ0n) is 18.4. The number of aromatic hydroxyl groups is 2. The van der Waals surface area contributed by atoms with E-state index in [9.17, 15) is 15.0 Å². The number of aromatic nitrogens is 3. The standard InChI is InChI=1S/C24H20ClN5O4S/c1-34-19-9-3-16(4-10-19)23-28-29-24(30(23)18-7-5-17(25)6-8-18)35-14-22(33)27-26-13-15-2-11-20(31)21(32)12-15/h2-13,31-32H,14H2,1H3,(H,27,33)/b26-13-. The van der Waals surface area contributed by atoms with Crippen molar-refractivity contribution in [3.8, 4) is 34.3 Å². The molecule has 0 bridgehead atoms. The molecule has 3 N–H and O–H groups in total. The number of halogens is 1. The molecular formula is C24H20ClN5O4S. The number of hydrogen-bond donors (Lipinski definition) is 3. The number of rotatable bonds is 8. The number of amides is 1. The largest absolute Gasteiger partial charge is 0.504 e. The number of phenols is 2. The minimum atomic E-state index is -0.356. The highest BCUT2D eigenvalue weighted by Crippen LogP contribution is 2.29. The van der Waals surface area contributed by atoms with E-state index in [4.69, 9.17) is 16.3 Å². The second kappa shape index (κ2) is 10.9. The molecule has 1 aromatic heterocycles. The molecule has 0 aliphatic rings. The van der Waals surface area contributed by atoms with Crippen LogP contribution in [-0.2, 0) is 4.79 Å². The summed E-state index contributed by atoms with van der Waals surface area (Å²) < 4.78 is 7.08. The number of hydrogen-bond acceptors (Lipinski definition) is 8. The molecular weight excluding hydrogens is 490 g/mol. The summed E-state index contributed by atoms with van der Waals surface area (Å²) in [6, 6.07) is 18.9. The van der Waals surface area contributed by atoms with Gasteiger partial charge in [0.25, 0.3) is 5.91 Å².